The van der Waals surface area contributed by atoms with E-state index in [-0.39, 0.29) is 0 Å². The lowest BCUT2D eigenvalue weighted by Gasteiger charge is -2.30. The maximum absolute atomic E-state index is 15.3. The molecule has 2 aliphatic rings. The van der Waals surface area contributed by atoms with Crippen LogP contribution in [0.3, 0.4) is 0 Å². The smallest absolute Gasteiger partial charge is 0.326 e. The van der Waals surface area contributed by atoms with E-state index in [1.165, 1.54) is 6.07 Å². The molecule has 0 unspecified atom stereocenters. The lowest BCUT2D eigenvalue weighted by atomic mass is 9.97. The fourth-order valence-electron chi connectivity index (χ4n) is 3.82. The molecule has 0 bridgehead atoms. The Morgan fingerprint density at radius 2 is 2.14 bits per heavy atom. The van der Waals surface area contributed by atoms with E-state index in [4.69, 9.17) is 0 Å². The zero-order chi connectivity index (χ0) is 20.6. The summed E-state index contributed by atoms with van der Waals surface area (Å²) < 4.78 is 41.8. The molecule has 0 atom stereocenters. The van der Waals surface area contributed by atoms with Gasteiger partial charge in [-0.25, -0.2) is 13.4 Å². The molecule has 1 amide bonds. The van der Waals surface area contributed by atoms with Crippen molar-refractivity contribution in [3.63, 3.8) is 0 Å². The number of phenolic OH excluding ortho intramolecular Hbond substituents is 1. The van der Waals surface area contributed by atoms with Crippen molar-refractivity contribution >= 4 is 21.8 Å². The summed E-state index contributed by atoms with van der Waals surface area (Å²) in [5.74, 6) is -2.04. The maximum atomic E-state index is 15.3. The van der Waals surface area contributed by atoms with E-state index >= 15 is 4.39 Å². The van der Waals surface area contributed by atoms with Gasteiger partial charge < -0.3 is 5.11 Å². The molecule has 2 N–H and O–H groups in total. The third-order valence-electron chi connectivity index (χ3n) is 5.23. The van der Waals surface area contributed by atoms with E-state index in [2.05, 4.69) is 9.88 Å². The number of pyridine rings is 1. The zero-order valence-corrected chi connectivity index (χ0v) is 16.5. The zero-order valence-electron chi connectivity index (χ0n) is 15.6. The first-order chi connectivity index (χ1) is 13.8. The second-order valence-electron chi connectivity index (χ2n) is 7.22. The molecule has 0 radical (unpaired) electrons. The van der Waals surface area contributed by atoms with Crippen molar-refractivity contribution in [3.05, 3.63) is 53.1 Å². The summed E-state index contributed by atoms with van der Waals surface area (Å²) in [4.78, 5) is 17.7. The van der Waals surface area contributed by atoms with Crippen molar-refractivity contribution in [3.8, 4) is 5.75 Å². The monoisotopic (exact) mass is 420 g/mol. The predicted molar refractivity (Wildman–Crippen MR) is 104 cm³/mol. The minimum atomic E-state index is -4.20. The van der Waals surface area contributed by atoms with Crippen LogP contribution in [0.1, 0.15) is 23.1 Å². The third-order valence-corrected chi connectivity index (χ3v) is 6.60. The first-order valence-corrected chi connectivity index (χ1v) is 10.8. The molecule has 4 rings (SSSR count). The molecule has 2 aliphatic heterocycles. The molecule has 0 saturated carbocycles. The Morgan fingerprint density at radius 3 is 2.83 bits per heavy atom. The lowest BCUT2D eigenvalue weighted by Crippen LogP contribution is -2.34. The Balaban J connectivity index is 1.52. The Kier molecular flexibility index (Phi) is 5.13. The molecule has 1 fully saturated rings. The van der Waals surface area contributed by atoms with Gasteiger partial charge in [0.2, 0.25) is 0 Å². The normalized spacial score (nSPS) is 18.5. The number of hydrogen-bond donors (Lipinski definition) is 2. The fraction of sp³-hybridized carbons (Fsp3) is 0.368. The number of phenols is 1. The molecule has 154 valence electrons. The van der Waals surface area contributed by atoms with Crippen molar-refractivity contribution in [1.82, 2.24) is 14.6 Å². The predicted octanol–water partition coefficient (Wildman–Crippen LogP) is 1.10. The summed E-state index contributed by atoms with van der Waals surface area (Å²) in [6, 6.07) is 5.31. The Labute approximate surface area is 168 Å². The number of anilines is 1. The number of benzene rings is 1. The van der Waals surface area contributed by atoms with Gasteiger partial charge in [-0.1, -0.05) is 6.07 Å². The van der Waals surface area contributed by atoms with Gasteiger partial charge in [0, 0.05) is 31.0 Å². The van der Waals surface area contributed by atoms with Crippen molar-refractivity contribution < 1.29 is 22.7 Å². The molecule has 8 nitrogen and oxygen atoms in total. The van der Waals surface area contributed by atoms with Crippen LogP contribution in [0.15, 0.2) is 30.6 Å². The Bertz CT molecular complexity index is 1050. The summed E-state index contributed by atoms with van der Waals surface area (Å²) >= 11 is 0. The standard InChI is InChI=1S/C19H21FN4O4S/c20-18-15-11-23(7-2-4-13-3-1-6-21-10-13)8-5-14(15)9-16(25)19(18)24-12-17(26)22-29(24,27)28/h1,3,6,9-10,25H,2,4-5,7-8,11-12H2,(H,22,26). The first kappa shape index (κ1) is 19.6. The highest BCUT2D eigenvalue weighted by molar-refractivity contribution is 7.92. The summed E-state index contributed by atoms with van der Waals surface area (Å²) in [5, 5.41) is 10.3. The molecule has 1 saturated heterocycles. The molecule has 3 heterocycles. The number of nitrogens with one attached hydrogen (secondary N) is 1. The van der Waals surface area contributed by atoms with Gasteiger partial charge in [0.15, 0.2) is 5.82 Å². The van der Waals surface area contributed by atoms with Crippen molar-refractivity contribution in [2.75, 3.05) is 23.9 Å². The van der Waals surface area contributed by atoms with Crippen LogP contribution in [-0.4, -0.2) is 48.9 Å². The second kappa shape index (κ2) is 7.60. The second-order valence-corrected chi connectivity index (χ2v) is 8.82. The van der Waals surface area contributed by atoms with Crippen LogP contribution in [0.5, 0.6) is 5.75 Å². The van der Waals surface area contributed by atoms with Gasteiger partial charge in [-0.15, -0.1) is 0 Å². The van der Waals surface area contributed by atoms with Gasteiger partial charge in [0.05, 0.1) is 0 Å². The van der Waals surface area contributed by atoms with E-state index in [1.54, 1.807) is 10.9 Å². The largest absolute Gasteiger partial charge is 0.506 e. The van der Waals surface area contributed by atoms with Crippen LogP contribution in [-0.2, 0) is 34.4 Å². The minimum Gasteiger partial charge on any atom is -0.506 e. The third kappa shape index (κ3) is 3.90. The van der Waals surface area contributed by atoms with Crippen LogP contribution >= 0.6 is 0 Å². The summed E-state index contributed by atoms with van der Waals surface area (Å²) in [6.07, 6.45) is 5.85. The van der Waals surface area contributed by atoms with E-state index in [0.717, 1.165) is 31.5 Å². The number of carbonyl (C=O) groups excluding carboxylic acids is 1. The number of fused-ring (bicyclic) bond motifs is 1. The van der Waals surface area contributed by atoms with Crippen LogP contribution in [0.4, 0.5) is 10.1 Å². The van der Waals surface area contributed by atoms with Gasteiger partial charge in [0.25, 0.3) is 5.91 Å². The summed E-state index contributed by atoms with van der Waals surface area (Å²) in [6.45, 7) is 1.24. The highest BCUT2D eigenvalue weighted by Crippen LogP contribution is 2.39. The van der Waals surface area contributed by atoms with Gasteiger partial charge in [0.1, 0.15) is 18.0 Å². The van der Waals surface area contributed by atoms with E-state index in [1.807, 2.05) is 18.3 Å². The van der Waals surface area contributed by atoms with E-state index in [0.29, 0.717) is 28.4 Å². The minimum absolute atomic E-state index is 0.316. The van der Waals surface area contributed by atoms with Crippen LogP contribution in [0.25, 0.3) is 0 Å². The number of rotatable bonds is 5. The lowest BCUT2D eigenvalue weighted by molar-refractivity contribution is -0.117. The molecular formula is C19H21FN4O4S. The van der Waals surface area contributed by atoms with E-state index in [9.17, 15) is 18.3 Å². The average molecular weight is 420 g/mol. The first-order valence-electron chi connectivity index (χ1n) is 9.33. The maximum Gasteiger partial charge on any atom is 0.326 e. The molecule has 1 aromatic heterocycles. The van der Waals surface area contributed by atoms with Gasteiger partial charge >= 0.3 is 10.2 Å². The number of carbonyl (C=O) groups is 1. The highest BCUT2D eigenvalue weighted by atomic mass is 32.2. The Morgan fingerprint density at radius 1 is 1.31 bits per heavy atom. The number of aromatic hydroxyl groups is 1. The van der Waals surface area contributed by atoms with Crippen molar-refractivity contribution in [2.45, 2.75) is 25.8 Å². The quantitative estimate of drug-likeness (QED) is 0.751. The number of hydrogen-bond acceptors (Lipinski definition) is 6. The molecule has 0 aliphatic carbocycles. The van der Waals surface area contributed by atoms with E-state index < -0.39 is 39.9 Å². The summed E-state index contributed by atoms with van der Waals surface area (Å²) in [5.41, 5.74) is 1.68. The van der Waals surface area contributed by atoms with Gasteiger partial charge in [-0.05, 0) is 49.1 Å². The topological polar surface area (TPSA) is 103 Å². The molecule has 1 aromatic carbocycles. The van der Waals surface area contributed by atoms with Crippen molar-refractivity contribution in [2.24, 2.45) is 0 Å². The SMILES string of the molecule is O=C1CN(c2c(O)cc3c(c2F)CN(CCCc2cccnc2)CC3)S(=O)(=O)N1. The fourth-order valence-corrected chi connectivity index (χ4v) is 4.98. The van der Waals surface area contributed by atoms with Crippen LogP contribution < -0.4 is 9.03 Å². The van der Waals surface area contributed by atoms with Crippen LogP contribution in [0, 0.1) is 5.82 Å². The number of aryl methyl sites for hydroxylation is 1. The molecule has 29 heavy (non-hydrogen) atoms. The number of amides is 1. The number of aromatic nitrogens is 1. The van der Waals surface area contributed by atoms with Gasteiger partial charge in [-0.2, -0.15) is 8.42 Å². The number of nitrogens with zero attached hydrogens (tertiary/aromatic N) is 3. The summed E-state index contributed by atoms with van der Waals surface area (Å²) in [7, 11) is -4.20. The Hall–Kier alpha value is -2.72. The van der Waals surface area contributed by atoms with Gasteiger partial charge in [-0.3, -0.25) is 14.7 Å². The molecular weight excluding hydrogens is 399 g/mol. The molecule has 0 spiro atoms. The van der Waals surface area contributed by atoms with Crippen LogP contribution in [0.2, 0.25) is 0 Å². The average Bonchev–Trinajstić information content (AvgIpc) is 2.95. The molecule has 10 heteroatoms. The van der Waals surface area contributed by atoms with Crippen molar-refractivity contribution in [1.29, 1.82) is 0 Å². The molecule has 2 aromatic rings. The highest BCUT2D eigenvalue weighted by Gasteiger charge is 2.38. The number of halogens is 1.